The van der Waals surface area contributed by atoms with Gasteiger partial charge in [0.1, 0.15) is 13.2 Å². The second kappa shape index (κ2) is 39.8. The van der Waals surface area contributed by atoms with E-state index in [1.165, 1.54) is 0 Å². The van der Waals surface area contributed by atoms with Crippen LogP contribution < -0.4 is 0 Å². The van der Waals surface area contributed by atoms with E-state index in [1.54, 1.807) is 24.3 Å². The highest BCUT2D eigenvalue weighted by molar-refractivity contribution is 5.71. The maximum absolute atomic E-state index is 11.4. The molecule has 0 aromatic carbocycles. The van der Waals surface area contributed by atoms with Crippen LogP contribution in [0.2, 0.25) is 0 Å². The van der Waals surface area contributed by atoms with Crippen molar-refractivity contribution in [2.24, 2.45) is 0 Å². The van der Waals surface area contributed by atoms with Gasteiger partial charge in [-0.2, -0.15) is 0 Å². The molecule has 0 bridgehead atoms. The Balaban J connectivity index is -0.0000000945. The van der Waals surface area contributed by atoms with Gasteiger partial charge in [-0.3, -0.25) is 9.59 Å². The molecule has 0 aliphatic carbocycles. The molecule has 0 saturated carbocycles. The maximum atomic E-state index is 11.4. The summed E-state index contributed by atoms with van der Waals surface area (Å²) in [5.74, 6) is -0.802. The molecular weight excluding hydrogens is 408 g/mol. The fraction of sp³-hybridized carbons (Fsp3) is 0.769. The second-order valence-corrected chi connectivity index (χ2v) is 5.39. The van der Waals surface area contributed by atoms with Gasteiger partial charge >= 0.3 is 11.9 Å². The molecule has 0 saturated heterocycles. The highest BCUT2D eigenvalue weighted by atomic mass is 16.6. The first-order valence-electron chi connectivity index (χ1n) is 8.46. The minimum atomic E-state index is -0.401. The summed E-state index contributed by atoms with van der Waals surface area (Å²) in [5, 5.41) is 18.7. The molecule has 0 aliphatic heterocycles. The van der Waals surface area contributed by atoms with Crippen molar-refractivity contribution in [2.45, 2.75) is 124 Å². The van der Waals surface area contributed by atoms with Crippen molar-refractivity contribution in [3.8, 4) is 0 Å². The van der Waals surface area contributed by atoms with E-state index >= 15 is 0 Å². The molecule has 2 unspecified atom stereocenters. The Morgan fingerprint density at radius 1 is 0.625 bits per heavy atom. The molecule has 2 atom stereocenters. The topological polar surface area (TPSA) is 93.1 Å². The molecule has 0 radical (unpaired) electrons. The third-order valence-electron chi connectivity index (χ3n) is 3.27. The van der Waals surface area contributed by atoms with Crippen LogP contribution in [-0.2, 0) is 19.1 Å². The van der Waals surface area contributed by atoms with E-state index < -0.39 is 11.9 Å². The van der Waals surface area contributed by atoms with Crippen LogP contribution in [0.1, 0.15) is 112 Å². The Morgan fingerprint density at radius 2 is 0.906 bits per heavy atom. The molecule has 0 fully saturated rings. The van der Waals surface area contributed by atoms with Crippen molar-refractivity contribution in [3.05, 3.63) is 24.3 Å². The van der Waals surface area contributed by atoms with Crippen molar-refractivity contribution < 1.29 is 29.3 Å². The van der Waals surface area contributed by atoms with Crippen LogP contribution in [0.3, 0.4) is 0 Å². The average molecular weight is 471 g/mol. The first-order valence-corrected chi connectivity index (χ1v) is 8.46. The van der Waals surface area contributed by atoms with Crippen LogP contribution in [0.25, 0.3) is 0 Å². The summed E-state index contributed by atoms with van der Waals surface area (Å²) >= 11 is 0. The van der Waals surface area contributed by atoms with E-state index in [-0.39, 0.29) is 97.7 Å². The summed E-state index contributed by atoms with van der Waals surface area (Å²) in [5.41, 5.74) is 0. The van der Waals surface area contributed by atoms with Gasteiger partial charge < -0.3 is 19.7 Å². The lowest BCUT2D eigenvalue weighted by Crippen LogP contribution is -2.13. The number of hydrogen-bond donors (Lipinski definition) is 2. The third kappa shape index (κ3) is 38.9. The van der Waals surface area contributed by atoms with Gasteiger partial charge in [0.25, 0.3) is 0 Å². The van der Waals surface area contributed by atoms with E-state index in [9.17, 15) is 19.8 Å². The normalized spacial score (nSPS) is 10.5. The quantitative estimate of drug-likeness (QED) is 0.166. The van der Waals surface area contributed by atoms with Gasteiger partial charge in [0, 0.05) is 0 Å². The highest BCUT2D eigenvalue weighted by Gasteiger charge is 2.03. The van der Waals surface area contributed by atoms with Gasteiger partial charge in [0.2, 0.25) is 0 Å². The summed E-state index contributed by atoms with van der Waals surface area (Å²) in [6.07, 6.45) is 8.70. The summed E-state index contributed by atoms with van der Waals surface area (Å²) < 4.78 is 9.83. The molecule has 0 aromatic rings. The Labute approximate surface area is 203 Å². The number of carbonyl (C=O) groups excluding carboxylic acids is 2. The Hall–Kier alpha value is -1.66. The Morgan fingerprint density at radius 3 is 1.16 bits per heavy atom. The lowest BCUT2D eigenvalue weighted by Gasteiger charge is -2.05. The fourth-order valence-corrected chi connectivity index (χ4v) is 1.63. The summed E-state index contributed by atoms with van der Waals surface area (Å²) in [7, 11) is 0. The SMILES string of the molecule is C.C.C.C.C.C.C.C.CCC(O)CC=CCC(=O)OCCOC(=O)CC=CCC(O)CC. The molecule has 0 aromatic heterocycles. The predicted molar refractivity (Wildman–Crippen MR) is 145 cm³/mol. The van der Waals surface area contributed by atoms with E-state index in [1.807, 2.05) is 13.8 Å². The van der Waals surface area contributed by atoms with E-state index in [0.717, 1.165) is 0 Å². The first kappa shape index (κ1) is 57.4. The smallest absolute Gasteiger partial charge is 0.309 e. The number of aliphatic hydroxyl groups is 2. The van der Waals surface area contributed by atoms with Crippen molar-refractivity contribution in [3.63, 3.8) is 0 Å². The van der Waals surface area contributed by atoms with E-state index in [0.29, 0.717) is 25.7 Å². The molecule has 0 rings (SSSR count). The van der Waals surface area contributed by atoms with Crippen LogP contribution in [0.5, 0.6) is 0 Å². The summed E-state index contributed by atoms with van der Waals surface area (Å²) in [6, 6.07) is 0. The maximum Gasteiger partial charge on any atom is 0.309 e. The minimum absolute atomic E-state index is 0. The molecule has 6 nitrogen and oxygen atoms in total. The lowest BCUT2D eigenvalue weighted by atomic mass is 10.2. The number of hydrogen-bond acceptors (Lipinski definition) is 6. The predicted octanol–water partition coefficient (Wildman–Crippen LogP) is 7.38. The standard InChI is InChI=1S/C18H30O6.8CH4/c1-3-15(19)9-5-7-11-17(21)23-13-14-24-18(22)12-8-6-10-16(20)4-2;;;;;;;;/h5-8,15-16,19-20H,3-4,9-14H2,1-2H3;8*1H4. The second-order valence-electron chi connectivity index (χ2n) is 5.39. The van der Waals surface area contributed by atoms with E-state index in [2.05, 4.69) is 0 Å². The highest BCUT2D eigenvalue weighted by Crippen LogP contribution is 2.00. The lowest BCUT2D eigenvalue weighted by molar-refractivity contribution is -0.151. The van der Waals surface area contributed by atoms with Gasteiger partial charge in [-0.05, 0) is 25.7 Å². The zero-order valence-electron chi connectivity index (χ0n) is 14.6. The van der Waals surface area contributed by atoms with Crippen LogP contribution in [0.15, 0.2) is 24.3 Å². The molecule has 6 heteroatoms. The molecule has 202 valence electrons. The number of rotatable bonds is 13. The minimum Gasteiger partial charge on any atom is -0.462 e. The fourth-order valence-electron chi connectivity index (χ4n) is 1.63. The summed E-state index contributed by atoms with van der Waals surface area (Å²) in [6.45, 7) is 3.82. The number of ether oxygens (including phenoxy) is 2. The third-order valence-corrected chi connectivity index (χ3v) is 3.27. The zero-order valence-corrected chi connectivity index (χ0v) is 14.6. The van der Waals surface area contributed by atoms with Gasteiger partial charge in [-0.1, -0.05) is 97.6 Å². The van der Waals surface area contributed by atoms with Crippen LogP contribution in [0.4, 0.5) is 0 Å². The number of esters is 2. The van der Waals surface area contributed by atoms with Gasteiger partial charge in [0.05, 0.1) is 25.0 Å². The van der Waals surface area contributed by atoms with Crippen LogP contribution >= 0.6 is 0 Å². The Kier molecular flexibility index (Phi) is 71.3. The van der Waals surface area contributed by atoms with Crippen molar-refractivity contribution in [2.75, 3.05) is 13.2 Å². The molecule has 0 heterocycles. The van der Waals surface area contributed by atoms with E-state index in [4.69, 9.17) is 9.47 Å². The van der Waals surface area contributed by atoms with Crippen LogP contribution in [0, 0.1) is 0 Å². The zero-order chi connectivity index (χ0) is 18.2. The molecule has 32 heavy (non-hydrogen) atoms. The molecule has 0 aliphatic rings. The average Bonchev–Trinajstić information content (AvgIpc) is 2.58. The van der Waals surface area contributed by atoms with Crippen molar-refractivity contribution in [1.29, 1.82) is 0 Å². The molecule has 0 amide bonds. The van der Waals surface area contributed by atoms with Gasteiger partial charge in [-0.25, -0.2) is 0 Å². The number of carbonyl (C=O) groups is 2. The van der Waals surface area contributed by atoms with Crippen molar-refractivity contribution >= 4 is 11.9 Å². The van der Waals surface area contributed by atoms with Crippen LogP contribution in [-0.4, -0.2) is 47.6 Å². The molecule has 2 N–H and O–H groups in total. The van der Waals surface area contributed by atoms with Gasteiger partial charge in [-0.15, -0.1) is 0 Å². The first-order chi connectivity index (χ1) is 11.5. The molecule has 0 spiro atoms. The van der Waals surface area contributed by atoms with Crippen molar-refractivity contribution in [1.82, 2.24) is 0 Å². The Bertz CT molecular complexity index is 367. The number of aliphatic hydroxyl groups excluding tert-OH is 2. The van der Waals surface area contributed by atoms with Gasteiger partial charge in [0.15, 0.2) is 0 Å². The molecular formula is C26H62O6. The largest absolute Gasteiger partial charge is 0.462 e. The monoisotopic (exact) mass is 470 g/mol. The summed E-state index contributed by atoms with van der Waals surface area (Å²) in [4.78, 5) is 22.8.